The van der Waals surface area contributed by atoms with E-state index in [1.165, 1.54) is 0 Å². The van der Waals surface area contributed by atoms with Crippen molar-refractivity contribution in [1.29, 1.82) is 0 Å². The van der Waals surface area contributed by atoms with Crippen LogP contribution in [0.4, 0.5) is 39.4 Å². The molecule has 0 aromatic heterocycles. The van der Waals surface area contributed by atoms with Gasteiger partial charge in [-0.1, -0.05) is 30.3 Å². The van der Waals surface area contributed by atoms with E-state index in [1.807, 2.05) is 24.3 Å². The molecule has 2 aliphatic rings. The van der Waals surface area contributed by atoms with Crippen molar-refractivity contribution in [3.8, 4) is 11.3 Å². The molecule has 3 N–H and O–H groups in total. The van der Waals surface area contributed by atoms with E-state index < -0.39 is 29.3 Å². The quantitative estimate of drug-likeness (QED) is 0.216. The number of aryl methyl sites for hydroxylation is 1. The Morgan fingerprint density at radius 2 is 1.72 bits per heavy atom. The Bertz CT molecular complexity index is 1510. The van der Waals surface area contributed by atoms with Gasteiger partial charge in [-0.25, -0.2) is 9.18 Å². The summed E-state index contributed by atoms with van der Waals surface area (Å²) >= 11 is 0. The number of rotatable bonds is 4. The Hall–Kier alpha value is -4.47. The Morgan fingerprint density at radius 3 is 2.47 bits per heavy atom. The maximum atomic E-state index is 14.0. The third-order valence-electron chi connectivity index (χ3n) is 5.44. The van der Waals surface area contributed by atoms with E-state index >= 15 is 0 Å². The van der Waals surface area contributed by atoms with Gasteiger partial charge in [-0.2, -0.15) is 13.2 Å². The fourth-order valence-electron chi connectivity index (χ4n) is 3.67. The summed E-state index contributed by atoms with van der Waals surface area (Å²) in [5, 5.41) is 4.55. The van der Waals surface area contributed by atoms with Crippen molar-refractivity contribution in [3.05, 3.63) is 99.6 Å². The second-order valence-electron chi connectivity index (χ2n) is 8.04. The summed E-state index contributed by atoms with van der Waals surface area (Å²) in [7, 11) is 0. The molecular weight excluding hydrogens is 476 g/mol. The van der Waals surface area contributed by atoms with Crippen LogP contribution >= 0.6 is 0 Å². The highest BCUT2D eigenvalue weighted by Gasteiger charge is 2.31. The van der Waals surface area contributed by atoms with E-state index in [2.05, 4.69) is 20.6 Å². The molecule has 2 aromatic rings. The normalized spacial score (nSPS) is 12.0. The fraction of sp³-hybridized carbons (Fsp3) is 0.115. The number of aliphatic imine (C=N–C) groups is 1. The van der Waals surface area contributed by atoms with Gasteiger partial charge in [0.2, 0.25) is 0 Å². The number of carbonyl (C=O) groups is 1. The van der Waals surface area contributed by atoms with Gasteiger partial charge in [-0.05, 0) is 55.8 Å². The predicted molar refractivity (Wildman–Crippen MR) is 131 cm³/mol. The van der Waals surface area contributed by atoms with Crippen LogP contribution in [0.1, 0.15) is 23.6 Å². The number of H-pyrrole nitrogens is 1. The highest BCUT2D eigenvalue weighted by atomic mass is 19.4. The molecule has 0 spiro atoms. The average Bonchev–Trinajstić information content (AvgIpc) is 2.95. The number of urea groups is 1. The molecular formula is C26H20F4N4O2. The molecule has 2 aromatic carbocycles. The number of halogens is 4. The van der Waals surface area contributed by atoms with Crippen molar-refractivity contribution < 1.29 is 22.4 Å². The lowest BCUT2D eigenvalue weighted by Crippen LogP contribution is -2.20. The van der Waals surface area contributed by atoms with Crippen molar-refractivity contribution in [2.75, 3.05) is 10.6 Å². The van der Waals surface area contributed by atoms with Crippen LogP contribution in [0.3, 0.4) is 0 Å². The van der Waals surface area contributed by atoms with Gasteiger partial charge in [-0.15, -0.1) is 0 Å². The maximum absolute atomic E-state index is 14.0. The molecule has 1 heterocycles. The number of aromatic nitrogens is 1. The van der Waals surface area contributed by atoms with Crippen LogP contribution in [0.25, 0.3) is 11.3 Å². The van der Waals surface area contributed by atoms with Crippen LogP contribution in [0.5, 0.6) is 0 Å². The second-order valence-corrected chi connectivity index (χ2v) is 8.04. The summed E-state index contributed by atoms with van der Waals surface area (Å²) in [4.78, 5) is 32.3. The van der Waals surface area contributed by atoms with Crippen LogP contribution in [0, 0.1) is 12.7 Å². The predicted octanol–water partition coefficient (Wildman–Crippen LogP) is 6.73. The molecule has 1 aliphatic carbocycles. The first-order valence-corrected chi connectivity index (χ1v) is 10.7. The number of benzene rings is 2. The molecule has 0 atom stereocenters. The minimum Gasteiger partial charge on any atom is -0.321 e. The van der Waals surface area contributed by atoms with Crippen LogP contribution < -0.4 is 16.2 Å². The molecule has 10 heteroatoms. The summed E-state index contributed by atoms with van der Waals surface area (Å²) in [6, 6.07) is 14.7. The molecule has 0 unspecified atom stereocenters. The standard InChI is InChI=1S/C26H20F4N4O2/c1-14-8-10-17(32-25(36)34-22-12-16(26(28,29)30)9-11-19(22)27)13-21(14)31-15(2)23-18-6-4-3-5-7-20(18)33-24(23)35/h3-13H,1-2H3,(H,33,35)(H2,32,34,36). The number of nitrogens with zero attached hydrogens (tertiary/aromatic N) is 1. The molecule has 0 radical (unpaired) electrons. The topological polar surface area (TPSA) is 86.3 Å². The summed E-state index contributed by atoms with van der Waals surface area (Å²) in [5.74, 6) is -1.01. The third kappa shape index (κ3) is 5.27. The smallest absolute Gasteiger partial charge is 0.321 e. The average molecular weight is 496 g/mol. The molecule has 36 heavy (non-hydrogen) atoms. The molecule has 0 saturated heterocycles. The zero-order valence-electron chi connectivity index (χ0n) is 19.1. The van der Waals surface area contributed by atoms with E-state index in [9.17, 15) is 27.2 Å². The Balaban J connectivity index is 1.58. The van der Waals surface area contributed by atoms with Crippen molar-refractivity contribution in [1.82, 2.24) is 4.98 Å². The highest BCUT2D eigenvalue weighted by Crippen LogP contribution is 2.32. The number of fused-ring (bicyclic) bond motifs is 1. The number of hydrogen-bond donors (Lipinski definition) is 3. The number of hydrogen-bond acceptors (Lipinski definition) is 3. The number of nitrogens with one attached hydrogen (secondary N) is 3. The van der Waals surface area contributed by atoms with E-state index in [0.717, 1.165) is 5.56 Å². The molecule has 0 saturated carbocycles. The Labute approximate surface area is 203 Å². The van der Waals surface area contributed by atoms with Gasteiger partial charge in [-0.3, -0.25) is 9.79 Å². The molecule has 4 rings (SSSR count). The van der Waals surface area contributed by atoms with Gasteiger partial charge >= 0.3 is 12.2 Å². The maximum Gasteiger partial charge on any atom is 0.416 e. The fourth-order valence-corrected chi connectivity index (χ4v) is 3.67. The lowest BCUT2D eigenvalue weighted by molar-refractivity contribution is -0.137. The minimum atomic E-state index is -4.69. The van der Waals surface area contributed by atoms with E-state index in [-0.39, 0.29) is 11.2 Å². The number of anilines is 2. The zero-order chi connectivity index (χ0) is 26.0. The summed E-state index contributed by atoms with van der Waals surface area (Å²) in [5.41, 5.74) is 1.73. The van der Waals surface area contributed by atoms with Gasteiger partial charge in [0.25, 0.3) is 5.56 Å². The van der Waals surface area contributed by atoms with Crippen LogP contribution in [0.2, 0.25) is 0 Å². The molecule has 6 nitrogen and oxygen atoms in total. The Morgan fingerprint density at radius 1 is 0.972 bits per heavy atom. The van der Waals surface area contributed by atoms with Crippen molar-refractivity contribution in [2.45, 2.75) is 20.0 Å². The monoisotopic (exact) mass is 496 g/mol. The van der Waals surface area contributed by atoms with Crippen molar-refractivity contribution >= 4 is 28.8 Å². The number of aromatic amines is 1. The lowest BCUT2D eigenvalue weighted by atomic mass is 10.1. The van der Waals surface area contributed by atoms with Crippen LogP contribution in [-0.4, -0.2) is 16.7 Å². The molecule has 184 valence electrons. The van der Waals surface area contributed by atoms with Crippen molar-refractivity contribution in [3.63, 3.8) is 0 Å². The second kappa shape index (κ2) is 9.65. The molecule has 1 aliphatic heterocycles. The first-order chi connectivity index (χ1) is 17.0. The van der Waals surface area contributed by atoms with E-state index in [0.29, 0.717) is 46.4 Å². The zero-order valence-corrected chi connectivity index (χ0v) is 19.1. The summed E-state index contributed by atoms with van der Waals surface area (Å²) in [6.45, 7) is 3.49. The third-order valence-corrected chi connectivity index (χ3v) is 5.44. The van der Waals surface area contributed by atoms with Gasteiger partial charge in [0.15, 0.2) is 0 Å². The van der Waals surface area contributed by atoms with Gasteiger partial charge in [0.05, 0.1) is 28.2 Å². The van der Waals surface area contributed by atoms with Crippen LogP contribution in [-0.2, 0) is 6.18 Å². The largest absolute Gasteiger partial charge is 0.416 e. The lowest BCUT2D eigenvalue weighted by Gasteiger charge is -2.12. The van der Waals surface area contributed by atoms with Crippen molar-refractivity contribution in [2.24, 2.45) is 4.99 Å². The summed E-state index contributed by atoms with van der Waals surface area (Å²) < 4.78 is 52.7. The van der Waals surface area contributed by atoms with E-state index in [4.69, 9.17) is 0 Å². The first kappa shape index (κ1) is 24.6. The minimum absolute atomic E-state index is 0.268. The number of carbonyl (C=O) groups excluding carboxylic acids is 1. The van der Waals surface area contributed by atoms with Crippen LogP contribution in [0.15, 0.2) is 76.5 Å². The molecule has 0 fully saturated rings. The summed E-state index contributed by atoms with van der Waals surface area (Å²) in [6.07, 6.45) is -4.69. The Kier molecular flexibility index (Phi) is 6.61. The SMILES string of the molecule is CC(=Nc1cc(NC(=O)Nc2cc(C(F)(F)F)ccc2F)ccc1C)c1c2cccccc-2[nH]c1=O. The van der Waals surface area contributed by atoms with Gasteiger partial charge in [0, 0.05) is 16.9 Å². The highest BCUT2D eigenvalue weighted by molar-refractivity contribution is 6.06. The molecule has 0 bridgehead atoms. The first-order valence-electron chi connectivity index (χ1n) is 10.7. The van der Waals surface area contributed by atoms with Gasteiger partial charge in [0.1, 0.15) is 5.82 Å². The van der Waals surface area contributed by atoms with Gasteiger partial charge < -0.3 is 15.6 Å². The molecule has 2 amide bonds. The number of amides is 2. The number of alkyl halides is 3. The van der Waals surface area contributed by atoms with E-state index in [1.54, 1.807) is 38.1 Å².